The van der Waals surface area contributed by atoms with E-state index in [1.54, 1.807) is 12.1 Å². The summed E-state index contributed by atoms with van der Waals surface area (Å²) < 4.78 is 0. The van der Waals surface area contributed by atoms with Crippen LogP contribution >= 0.6 is 23.4 Å². The third kappa shape index (κ3) is 3.84. The molecule has 0 saturated carbocycles. The fourth-order valence-electron chi connectivity index (χ4n) is 2.47. The smallest absolute Gasteiger partial charge is 0.288 e. The van der Waals surface area contributed by atoms with Crippen molar-refractivity contribution in [2.75, 3.05) is 13.1 Å². The van der Waals surface area contributed by atoms with E-state index in [-0.39, 0.29) is 10.7 Å². The van der Waals surface area contributed by atoms with E-state index in [9.17, 15) is 10.1 Å². The van der Waals surface area contributed by atoms with Crippen LogP contribution in [0.2, 0.25) is 5.02 Å². The average Bonchev–Trinajstić information content (AvgIpc) is 2.30. The number of nitrogens with zero attached hydrogens (tertiary/aromatic N) is 2. The zero-order valence-electron chi connectivity index (χ0n) is 11.0. The Morgan fingerprint density at radius 2 is 2.05 bits per heavy atom. The van der Waals surface area contributed by atoms with Gasteiger partial charge in [-0.3, -0.25) is 15.0 Å². The van der Waals surface area contributed by atoms with Crippen molar-refractivity contribution in [3.63, 3.8) is 0 Å². The third-order valence-corrected chi connectivity index (χ3v) is 4.66. The Labute approximate surface area is 122 Å². The molecule has 0 aliphatic carbocycles. The molecule has 6 heteroatoms. The van der Waals surface area contributed by atoms with Crippen LogP contribution in [0.4, 0.5) is 5.69 Å². The Morgan fingerprint density at radius 3 is 2.63 bits per heavy atom. The summed E-state index contributed by atoms with van der Waals surface area (Å²) in [7, 11) is 0. The molecule has 1 fully saturated rings. The lowest BCUT2D eigenvalue weighted by molar-refractivity contribution is -0.384. The zero-order valence-corrected chi connectivity index (χ0v) is 12.6. The van der Waals surface area contributed by atoms with Crippen LogP contribution in [0.5, 0.6) is 0 Å². The van der Waals surface area contributed by atoms with Gasteiger partial charge in [-0.15, -0.1) is 0 Å². The maximum absolute atomic E-state index is 10.9. The predicted octanol–water partition coefficient (Wildman–Crippen LogP) is 3.57. The number of benzene rings is 1. The summed E-state index contributed by atoms with van der Waals surface area (Å²) in [5.74, 6) is 0. The first-order chi connectivity index (χ1) is 8.95. The number of hydrogen-bond acceptors (Lipinski definition) is 4. The highest BCUT2D eigenvalue weighted by atomic mass is 35.5. The molecule has 2 atom stereocenters. The molecule has 104 valence electrons. The molecule has 0 bridgehead atoms. The highest BCUT2D eigenvalue weighted by Gasteiger charge is 2.23. The number of halogens is 1. The van der Waals surface area contributed by atoms with E-state index in [0.29, 0.717) is 10.5 Å². The SMILES string of the molecule is CC1CN(Cc2ccc(Cl)c([N+](=O)[O-])c2)CC(C)S1. The summed E-state index contributed by atoms with van der Waals surface area (Å²) in [6, 6.07) is 5.06. The van der Waals surface area contributed by atoms with Crippen molar-refractivity contribution < 1.29 is 4.92 Å². The van der Waals surface area contributed by atoms with Gasteiger partial charge >= 0.3 is 0 Å². The zero-order chi connectivity index (χ0) is 14.0. The molecule has 1 aliphatic heterocycles. The first kappa shape index (κ1) is 14.6. The molecule has 4 nitrogen and oxygen atoms in total. The van der Waals surface area contributed by atoms with Gasteiger partial charge in [0.25, 0.3) is 5.69 Å². The molecule has 0 amide bonds. The number of thioether (sulfide) groups is 1. The van der Waals surface area contributed by atoms with Gasteiger partial charge in [0, 0.05) is 36.2 Å². The van der Waals surface area contributed by atoms with E-state index in [1.165, 1.54) is 0 Å². The lowest BCUT2D eigenvalue weighted by Crippen LogP contribution is -2.39. The van der Waals surface area contributed by atoms with Gasteiger partial charge in [0.2, 0.25) is 0 Å². The van der Waals surface area contributed by atoms with Crippen molar-refractivity contribution >= 4 is 29.1 Å². The van der Waals surface area contributed by atoms with E-state index < -0.39 is 4.92 Å². The number of nitro benzene ring substituents is 1. The molecule has 19 heavy (non-hydrogen) atoms. The van der Waals surface area contributed by atoms with Crippen LogP contribution in [0.1, 0.15) is 19.4 Å². The van der Waals surface area contributed by atoms with Crippen LogP contribution in [0.25, 0.3) is 0 Å². The fraction of sp³-hybridized carbons (Fsp3) is 0.538. The maximum atomic E-state index is 10.9. The molecule has 0 aromatic heterocycles. The van der Waals surface area contributed by atoms with Gasteiger partial charge in [-0.25, -0.2) is 0 Å². The highest BCUT2D eigenvalue weighted by Crippen LogP contribution is 2.28. The van der Waals surface area contributed by atoms with Gasteiger partial charge in [0.1, 0.15) is 5.02 Å². The van der Waals surface area contributed by atoms with Crippen molar-refractivity contribution in [1.29, 1.82) is 0 Å². The minimum atomic E-state index is -0.427. The van der Waals surface area contributed by atoms with E-state index in [2.05, 4.69) is 18.7 Å². The van der Waals surface area contributed by atoms with Crippen LogP contribution in [-0.4, -0.2) is 33.4 Å². The van der Waals surface area contributed by atoms with E-state index in [1.807, 2.05) is 17.8 Å². The molecule has 1 heterocycles. The Hall–Kier alpha value is -0.780. The molecule has 2 rings (SSSR count). The van der Waals surface area contributed by atoms with E-state index in [0.717, 1.165) is 25.2 Å². The van der Waals surface area contributed by atoms with Crippen molar-refractivity contribution in [2.24, 2.45) is 0 Å². The third-order valence-electron chi connectivity index (χ3n) is 3.11. The lowest BCUT2D eigenvalue weighted by atomic mass is 10.1. The number of rotatable bonds is 3. The second-order valence-electron chi connectivity index (χ2n) is 4.99. The van der Waals surface area contributed by atoms with Crippen LogP contribution in [0.15, 0.2) is 18.2 Å². The van der Waals surface area contributed by atoms with Gasteiger partial charge in [0.15, 0.2) is 0 Å². The van der Waals surface area contributed by atoms with Gasteiger partial charge in [-0.1, -0.05) is 31.5 Å². The van der Waals surface area contributed by atoms with Crippen LogP contribution in [-0.2, 0) is 6.54 Å². The molecule has 1 saturated heterocycles. The Morgan fingerprint density at radius 1 is 1.42 bits per heavy atom. The normalized spacial score (nSPS) is 24.4. The van der Waals surface area contributed by atoms with Crippen molar-refractivity contribution in [3.05, 3.63) is 38.9 Å². The van der Waals surface area contributed by atoms with Gasteiger partial charge < -0.3 is 0 Å². The van der Waals surface area contributed by atoms with Crippen LogP contribution < -0.4 is 0 Å². The first-order valence-corrected chi connectivity index (χ1v) is 7.58. The van der Waals surface area contributed by atoms with Crippen LogP contribution in [0.3, 0.4) is 0 Å². The van der Waals surface area contributed by atoms with Crippen molar-refractivity contribution in [1.82, 2.24) is 4.90 Å². The molecule has 1 aromatic rings. The molecule has 0 radical (unpaired) electrons. The maximum Gasteiger partial charge on any atom is 0.288 e. The Kier molecular flexibility index (Phi) is 4.71. The fourth-order valence-corrected chi connectivity index (χ4v) is 4.04. The molecule has 0 spiro atoms. The largest absolute Gasteiger partial charge is 0.297 e. The highest BCUT2D eigenvalue weighted by molar-refractivity contribution is 8.00. The molecule has 2 unspecified atom stereocenters. The van der Waals surface area contributed by atoms with E-state index >= 15 is 0 Å². The second kappa shape index (κ2) is 6.11. The Bertz CT molecular complexity index is 474. The molecule has 0 N–H and O–H groups in total. The standard InChI is InChI=1S/C13H17ClN2O2S/c1-9-6-15(7-10(2)19-9)8-11-3-4-12(14)13(5-11)16(17)18/h3-5,9-10H,6-8H2,1-2H3. The minimum Gasteiger partial charge on any atom is -0.297 e. The second-order valence-corrected chi connectivity index (χ2v) is 7.28. The summed E-state index contributed by atoms with van der Waals surface area (Å²) in [5.41, 5.74) is 0.939. The van der Waals surface area contributed by atoms with Crippen molar-refractivity contribution in [3.8, 4) is 0 Å². The summed E-state index contributed by atoms with van der Waals surface area (Å²) in [4.78, 5) is 12.8. The average molecular weight is 301 g/mol. The van der Waals surface area contributed by atoms with Crippen LogP contribution in [0, 0.1) is 10.1 Å². The summed E-state index contributed by atoms with van der Waals surface area (Å²) in [5, 5.41) is 12.3. The quantitative estimate of drug-likeness (QED) is 0.632. The molecular formula is C13H17ClN2O2S. The summed E-state index contributed by atoms with van der Waals surface area (Å²) in [6.07, 6.45) is 0. The summed E-state index contributed by atoms with van der Waals surface area (Å²) >= 11 is 7.82. The van der Waals surface area contributed by atoms with Gasteiger partial charge in [0.05, 0.1) is 4.92 Å². The lowest BCUT2D eigenvalue weighted by Gasteiger charge is -2.34. The monoisotopic (exact) mass is 300 g/mol. The topological polar surface area (TPSA) is 46.4 Å². The number of nitro groups is 1. The van der Waals surface area contributed by atoms with Gasteiger partial charge in [-0.2, -0.15) is 11.8 Å². The van der Waals surface area contributed by atoms with Crippen molar-refractivity contribution in [2.45, 2.75) is 30.9 Å². The molecule has 1 aromatic carbocycles. The minimum absolute atomic E-state index is 0.00773. The first-order valence-electron chi connectivity index (χ1n) is 6.26. The molecular weight excluding hydrogens is 284 g/mol. The van der Waals surface area contributed by atoms with E-state index in [4.69, 9.17) is 11.6 Å². The van der Waals surface area contributed by atoms with Gasteiger partial charge in [-0.05, 0) is 11.6 Å². The molecule has 1 aliphatic rings. The Balaban J connectivity index is 2.10. The predicted molar refractivity (Wildman–Crippen MR) is 79.9 cm³/mol. The number of hydrogen-bond donors (Lipinski definition) is 0. The summed E-state index contributed by atoms with van der Waals surface area (Å²) in [6.45, 7) is 7.22.